The van der Waals surface area contributed by atoms with Crippen molar-refractivity contribution in [2.45, 2.75) is 144 Å². The van der Waals surface area contributed by atoms with Gasteiger partial charge < -0.3 is 4.74 Å². The first-order chi connectivity index (χ1) is 62.7. The summed E-state index contributed by atoms with van der Waals surface area (Å²) in [6, 6.07) is 34.4. The Morgan fingerprint density at radius 1 is 0.534 bits per heavy atom. The van der Waals surface area contributed by atoms with Crippen molar-refractivity contribution < 1.29 is 71.1 Å². The third kappa shape index (κ3) is 18.7. The van der Waals surface area contributed by atoms with Gasteiger partial charge in [-0.25, -0.2) is 79.6 Å². The van der Waals surface area contributed by atoms with Crippen LogP contribution in [0, 0.1) is 59.2 Å². The Labute approximate surface area is 762 Å². The van der Waals surface area contributed by atoms with Gasteiger partial charge in [0.25, 0.3) is 6.43 Å². The highest BCUT2D eigenvalue weighted by atomic mass is 35.5. The second-order valence-corrected chi connectivity index (χ2v) is 41.7. The molecule has 22 nitrogen and oxygen atoms in total. The number of aromatic nitrogens is 11. The molecule has 18 rings (SSSR count). The Morgan fingerprint density at radius 2 is 0.962 bits per heavy atom. The monoisotopic (exact) mass is 1880 g/mol. The predicted molar refractivity (Wildman–Crippen MR) is 487 cm³/mol. The van der Waals surface area contributed by atoms with E-state index in [9.17, 15) is 66.3 Å². The second kappa shape index (κ2) is 38.1. The standard InChI is InChI=1S/C35H36F2N4O4S.C31H28F4N4O2S2.C30H29ClF2N6O2S/c1-3-17-45-18-16-40(46(43,44)31-12-7-28(37)8-13-31)30-9-4-26-20-33-25(23-39-41(33)29-10-5-27(36)6-11-29)21-35(26,22-30)34(42)32-19-24(2)14-15-38-32;1-19-16-36-30(42-19)29(40)31-14-20-17-37-39(24-9-4-22(32)5-10-24)27(20)13-21(31)3-8-25(15-31)38(18-28(34)35)43(2,41)26-11-6-23(33)7-12-26;1-37-13-10-28(36-37)42(2,41)38(14-11-32)25-6-3-21-15-27-20(19-35-39(27)24-7-4-23(33)5-8-24)17-30(21,18-25)29(40)26-16-22(31)9-12-34-26/h5-8,10-15,19-20,23,30H,3-4,9,16-18,21-22H2,1-2H3;4-7,9-13,16-17,25,28H,2-3,8,14-15,18H2,1H3;4-5,7-10,12-13,15-16,19,25H,2-3,6,11,14,17-18H2,1H3/t30-,35-;25-,31-,43?;25-,30-,42?/m000/s1. The number of fused-ring (bicyclic) bond motifs is 6. The van der Waals surface area contributed by atoms with Crippen molar-refractivity contribution in [3.8, 4) is 17.1 Å². The van der Waals surface area contributed by atoms with Gasteiger partial charge in [0.15, 0.2) is 21.6 Å². The molecule has 682 valence electrons. The summed E-state index contributed by atoms with van der Waals surface area (Å²) in [7, 11) is -8.97. The molecule has 7 aromatic heterocycles. The first-order valence-electron chi connectivity index (χ1n) is 42.7. The molecule has 0 bridgehead atoms. The number of ketones is 3. The molecule has 35 heteroatoms. The number of carbonyl (C=O) groups excluding carboxylic acids is 3. The van der Waals surface area contributed by atoms with Crippen LogP contribution in [0.1, 0.15) is 146 Å². The van der Waals surface area contributed by atoms with Crippen molar-refractivity contribution in [3.63, 3.8) is 0 Å². The molecule has 6 aliphatic rings. The number of hydrogen-bond acceptors (Lipinski definition) is 16. The molecule has 0 spiro atoms. The van der Waals surface area contributed by atoms with Crippen molar-refractivity contribution in [1.82, 2.24) is 67.0 Å². The van der Waals surface area contributed by atoms with Gasteiger partial charge in [-0.05, 0) is 301 Å². The number of nitrogens with zero attached hydrogens (tertiary/aromatic N) is 14. The fourth-order valence-corrected chi connectivity index (χ4v) is 25.3. The molecule has 8 atom stereocenters. The Bertz CT molecular complexity index is 6770. The number of carbonyl (C=O) groups is 3. The zero-order valence-corrected chi connectivity index (χ0v) is 75.9. The van der Waals surface area contributed by atoms with Crippen LogP contribution >= 0.6 is 22.9 Å². The number of benzene rings is 5. The number of sulfonamides is 1. The van der Waals surface area contributed by atoms with Crippen LogP contribution in [0.2, 0.25) is 5.02 Å². The molecule has 3 fully saturated rings. The van der Waals surface area contributed by atoms with Crippen molar-refractivity contribution >= 4 is 99.7 Å². The fraction of sp³-hybridized carbons (Fsp3) is 0.312. The van der Waals surface area contributed by atoms with Gasteiger partial charge in [0, 0.05) is 84.5 Å². The van der Waals surface area contributed by atoms with E-state index in [-0.39, 0.29) is 101 Å². The number of aryl methyl sites for hydroxylation is 3. The number of halogens is 9. The summed E-state index contributed by atoms with van der Waals surface area (Å²) in [4.78, 5) is 57.6. The first-order valence-corrected chi connectivity index (χ1v) is 48.7. The maximum Gasteiger partial charge on any atom is 0.252 e. The minimum absolute atomic E-state index is 0.0158. The number of thiazole rings is 1. The van der Waals surface area contributed by atoms with E-state index >= 15 is 0 Å². The highest BCUT2D eigenvalue weighted by Crippen LogP contribution is 2.56. The van der Waals surface area contributed by atoms with Crippen LogP contribution in [0.3, 0.4) is 0 Å². The zero-order valence-electron chi connectivity index (χ0n) is 71.9. The molecule has 0 aliphatic heterocycles. The lowest BCUT2D eigenvalue weighted by Gasteiger charge is -2.47. The molecule has 12 aromatic rings. The van der Waals surface area contributed by atoms with E-state index in [1.54, 1.807) is 123 Å². The van der Waals surface area contributed by atoms with Gasteiger partial charge in [-0.3, -0.25) is 29.0 Å². The summed E-state index contributed by atoms with van der Waals surface area (Å²) in [6.07, 6.45) is 19.5. The molecular formula is C96H93ClF8N14O8S4. The number of pyridine rings is 2. The molecule has 7 heterocycles. The van der Waals surface area contributed by atoms with E-state index in [1.807, 2.05) is 45.1 Å². The molecule has 2 unspecified atom stereocenters. The number of hydrogen-bond donors (Lipinski definition) is 0. The molecule has 5 aromatic carbocycles. The third-order valence-electron chi connectivity index (χ3n) is 25.4. The Hall–Kier alpha value is -11.3. The number of alkyl halides is 3. The van der Waals surface area contributed by atoms with Crippen LogP contribution in [-0.2, 0) is 60.5 Å². The lowest BCUT2D eigenvalue weighted by molar-refractivity contribution is 0.0669. The molecule has 0 saturated heterocycles. The highest BCUT2D eigenvalue weighted by molar-refractivity contribution is 7.98. The highest BCUT2D eigenvalue weighted by Gasteiger charge is 2.56. The van der Waals surface area contributed by atoms with E-state index in [0.717, 1.165) is 91.6 Å². The zero-order chi connectivity index (χ0) is 92.6. The summed E-state index contributed by atoms with van der Waals surface area (Å²) in [5.41, 5.74) is 7.59. The van der Waals surface area contributed by atoms with Crippen LogP contribution in [0.25, 0.3) is 35.3 Å². The van der Waals surface area contributed by atoms with E-state index in [2.05, 4.69) is 47.1 Å². The van der Waals surface area contributed by atoms with Crippen molar-refractivity contribution in [2.75, 3.05) is 39.5 Å². The molecule has 0 radical (unpaired) electrons. The quantitative estimate of drug-likeness (QED) is 0.0201. The number of rotatable bonds is 27. The average Bonchev–Trinajstić information content (AvgIpc) is 1.71. The minimum Gasteiger partial charge on any atom is -0.380 e. The lowest BCUT2D eigenvalue weighted by Crippen LogP contribution is -2.51. The summed E-state index contributed by atoms with van der Waals surface area (Å²) in [5.74, 6) is 5.11. The molecule has 131 heavy (non-hydrogen) atoms. The summed E-state index contributed by atoms with van der Waals surface area (Å²) in [6.45, 7) is 4.82. The summed E-state index contributed by atoms with van der Waals surface area (Å²) < 4.78 is 184. The van der Waals surface area contributed by atoms with E-state index in [4.69, 9.17) is 16.3 Å². The topological polar surface area (TPSA) is 248 Å². The maximum absolute atomic E-state index is 14.7. The molecule has 3 saturated carbocycles. The Morgan fingerprint density at radius 3 is 1.37 bits per heavy atom. The number of ether oxygens (including phenoxy) is 1. The largest absolute Gasteiger partial charge is 0.380 e. The van der Waals surface area contributed by atoms with Crippen LogP contribution in [-0.4, -0.2) is 177 Å². The van der Waals surface area contributed by atoms with Gasteiger partial charge in [0.1, 0.15) is 47.1 Å². The average molecular weight is 1890 g/mol. The smallest absolute Gasteiger partial charge is 0.252 e. The second-order valence-electron chi connectivity index (χ2n) is 33.7. The molecule has 0 amide bonds. The fourth-order valence-electron chi connectivity index (χ4n) is 19.1. The minimum atomic E-state index is -4.07. The normalized spacial score (nSPS) is 20.6. The van der Waals surface area contributed by atoms with Gasteiger partial charge >= 0.3 is 0 Å². The lowest BCUT2D eigenvalue weighted by atomic mass is 9.60. The summed E-state index contributed by atoms with van der Waals surface area (Å²) in [5, 5.41) is 19.0. The SMILES string of the molecule is C=S(=O)(c1ccc(F)cc1)N(CC(F)F)[C@H]1CCC2=Cc3c(cnn3-c3ccc(F)cc3)C[C@]2(C(=O)c2ncc(C)s2)C1.C=S(=O)(c1ccn(C)n1)N(CCF)[C@H]1CCC2=Cc3c(cnn3-c3ccc(F)cc3)C[C@]2(C(=O)c2cc(Cl)ccn2)C1.CCCOCCN([C@H]1CCC2=Cc3c(cnn3-c3ccc(F)cc3)C[C@]2(C(=O)c2cc(C)ccn2)C1)S(=O)(=O)c1ccc(F)cc1. The van der Waals surface area contributed by atoms with E-state index in [0.29, 0.717) is 90.8 Å². The van der Waals surface area contributed by atoms with Crippen LogP contribution in [0.4, 0.5) is 35.1 Å². The van der Waals surface area contributed by atoms with E-state index in [1.165, 1.54) is 91.5 Å². The van der Waals surface area contributed by atoms with Crippen molar-refractivity contribution in [2.24, 2.45) is 23.3 Å². The van der Waals surface area contributed by atoms with Crippen molar-refractivity contribution in [1.29, 1.82) is 0 Å². The van der Waals surface area contributed by atoms with Crippen molar-refractivity contribution in [3.05, 3.63) is 306 Å². The van der Waals surface area contributed by atoms with Crippen LogP contribution in [0.5, 0.6) is 0 Å². The van der Waals surface area contributed by atoms with Gasteiger partial charge in [0.2, 0.25) is 15.8 Å². The Kier molecular flexibility index (Phi) is 27.0. The maximum atomic E-state index is 14.7. The number of Topliss-reactive ketones (excluding diaryl/α,β-unsaturated/α-hetero) is 3. The molecular weight excluding hydrogens is 1790 g/mol. The van der Waals surface area contributed by atoms with Crippen LogP contribution < -0.4 is 0 Å². The van der Waals surface area contributed by atoms with Gasteiger partial charge in [-0.1, -0.05) is 35.2 Å². The molecule has 0 N–H and O–H groups in total. The summed E-state index contributed by atoms with van der Waals surface area (Å²) >= 11 is 7.53. The van der Waals surface area contributed by atoms with Gasteiger partial charge in [-0.2, -0.15) is 24.7 Å². The first kappa shape index (κ1) is 92.9. The van der Waals surface area contributed by atoms with Gasteiger partial charge in [0.05, 0.1) is 106 Å². The van der Waals surface area contributed by atoms with E-state index < -0.39 is 95.1 Å². The Balaban J connectivity index is 0.000000144. The number of allylic oxidation sites excluding steroid dienone is 3. The van der Waals surface area contributed by atoms with Crippen LogP contribution in [0.15, 0.2) is 227 Å². The third-order valence-corrected chi connectivity index (χ3v) is 32.8. The van der Waals surface area contributed by atoms with Gasteiger partial charge in [-0.15, -0.1) is 11.3 Å². The predicted octanol–water partition coefficient (Wildman–Crippen LogP) is 18.0. The molecule has 6 aliphatic carbocycles.